The summed E-state index contributed by atoms with van der Waals surface area (Å²) in [6, 6.07) is 12.6. The zero-order valence-electron chi connectivity index (χ0n) is 11.0. The van der Waals surface area contributed by atoms with Gasteiger partial charge in [-0.2, -0.15) is 0 Å². The number of halogens is 1. The van der Waals surface area contributed by atoms with Crippen LogP contribution in [0.5, 0.6) is 0 Å². The minimum atomic E-state index is -1.11. The molecule has 1 amide bonds. The van der Waals surface area contributed by atoms with Crippen LogP contribution in [0.2, 0.25) is 0 Å². The normalized spacial score (nSPS) is 13.6. The van der Waals surface area contributed by atoms with E-state index in [-0.39, 0.29) is 12.5 Å². The van der Waals surface area contributed by atoms with Crippen LogP contribution < -0.4 is 5.32 Å². The van der Waals surface area contributed by atoms with Crippen molar-refractivity contribution in [1.29, 1.82) is 0 Å². The first-order valence-electron chi connectivity index (χ1n) is 6.17. The van der Waals surface area contributed by atoms with Gasteiger partial charge in [-0.3, -0.25) is 4.79 Å². The summed E-state index contributed by atoms with van der Waals surface area (Å²) in [7, 11) is 0. The van der Waals surface area contributed by atoms with Crippen LogP contribution >= 0.6 is 15.9 Å². The highest BCUT2D eigenvalue weighted by Gasteiger charge is 2.23. The van der Waals surface area contributed by atoms with Gasteiger partial charge in [-0.25, -0.2) is 4.98 Å². The number of pyridine rings is 1. The van der Waals surface area contributed by atoms with Gasteiger partial charge in [0.2, 0.25) is 0 Å². The van der Waals surface area contributed by atoms with E-state index in [2.05, 4.69) is 26.2 Å². The lowest BCUT2D eigenvalue weighted by Crippen LogP contribution is -2.38. The van der Waals surface area contributed by atoms with Crippen molar-refractivity contribution in [2.75, 3.05) is 6.54 Å². The number of amides is 1. The van der Waals surface area contributed by atoms with Crippen molar-refractivity contribution in [3.8, 4) is 0 Å². The Bertz CT molecular complexity index is 583. The molecular formula is C15H15BrN2O2. The Hall–Kier alpha value is -1.72. The molecule has 0 aliphatic rings. The zero-order valence-corrected chi connectivity index (χ0v) is 12.6. The highest BCUT2D eigenvalue weighted by atomic mass is 79.9. The fourth-order valence-electron chi connectivity index (χ4n) is 1.76. The quantitative estimate of drug-likeness (QED) is 0.844. The third kappa shape index (κ3) is 3.65. The Kier molecular flexibility index (Phi) is 4.52. The molecule has 2 aromatic rings. The first kappa shape index (κ1) is 14.7. The summed E-state index contributed by atoms with van der Waals surface area (Å²) in [6.07, 6.45) is 1.48. The van der Waals surface area contributed by atoms with Crippen LogP contribution in [0.25, 0.3) is 0 Å². The molecule has 5 heteroatoms. The minimum absolute atomic E-state index is 0.131. The largest absolute Gasteiger partial charge is 0.384 e. The average molecular weight is 335 g/mol. The molecule has 0 radical (unpaired) electrons. The third-order valence-electron chi connectivity index (χ3n) is 2.98. The first-order chi connectivity index (χ1) is 9.49. The Morgan fingerprint density at radius 1 is 1.30 bits per heavy atom. The molecule has 0 spiro atoms. The van der Waals surface area contributed by atoms with Crippen molar-refractivity contribution < 1.29 is 9.90 Å². The van der Waals surface area contributed by atoms with Gasteiger partial charge in [-0.1, -0.05) is 30.3 Å². The average Bonchev–Trinajstić information content (AvgIpc) is 2.46. The minimum Gasteiger partial charge on any atom is -0.384 e. The number of benzene rings is 1. The van der Waals surface area contributed by atoms with Crippen molar-refractivity contribution in [3.05, 3.63) is 64.4 Å². The lowest BCUT2D eigenvalue weighted by atomic mass is 9.96. The topological polar surface area (TPSA) is 62.2 Å². The van der Waals surface area contributed by atoms with Crippen LogP contribution in [-0.4, -0.2) is 22.5 Å². The molecule has 1 atom stereocenters. The van der Waals surface area contributed by atoms with Crippen molar-refractivity contribution in [2.24, 2.45) is 0 Å². The van der Waals surface area contributed by atoms with Gasteiger partial charge in [0.15, 0.2) is 0 Å². The molecular weight excluding hydrogens is 320 g/mol. The smallest absolute Gasteiger partial charge is 0.252 e. The lowest BCUT2D eigenvalue weighted by molar-refractivity contribution is 0.0526. The number of rotatable bonds is 4. The first-order valence-corrected chi connectivity index (χ1v) is 6.96. The van der Waals surface area contributed by atoms with Crippen molar-refractivity contribution in [1.82, 2.24) is 10.3 Å². The Balaban J connectivity index is 2.01. The predicted octanol–water partition coefficient (Wildman–Crippen LogP) is 2.48. The van der Waals surface area contributed by atoms with Crippen LogP contribution in [0.1, 0.15) is 22.8 Å². The van der Waals surface area contributed by atoms with Gasteiger partial charge in [0.1, 0.15) is 10.2 Å². The molecule has 1 aromatic carbocycles. The van der Waals surface area contributed by atoms with Crippen molar-refractivity contribution in [3.63, 3.8) is 0 Å². The van der Waals surface area contributed by atoms with E-state index in [1.165, 1.54) is 6.20 Å². The lowest BCUT2D eigenvalue weighted by Gasteiger charge is -2.24. The van der Waals surface area contributed by atoms with Crippen molar-refractivity contribution >= 4 is 21.8 Å². The molecule has 1 unspecified atom stereocenters. The van der Waals surface area contributed by atoms with E-state index in [9.17, 15) is 9.90 Å². The van der Waals surface area contributed by atoms with E-state index in [4.69, 9.17) is 0 Å². The van der Waals surface area contributed by atoms with Crippen LogP contribution in [0.3, 0.4) is 0 Å². The summed E-state index contributed by atoms with van der Waals surface area (Å²) in [6.45, 7) is 1.80. The molecule has 2 N–H and O–H groups in total. The number of nitrogens with zero attached hydrogens (tertiary/aromatic N) is 1. The van der Waals surface area contributed by atoms with Gasteiger partial charge < -0.3 is 10.4 Å². The van der Waals surface area contributed by atoms with E-state index < -0.39 is 5.60 Å². The van der Waals surface area contributed by atoms with Crippen LogP contribution in [0, 0.1) is 0 Å². The Morgan fingerprint density at radius 3 is 2.60 bits per heavy atom. The molecule has 20 heavy (non-hydrogen) atoms. The van der Waals surface area contributed by atoms with E-state index in [0.717, 1.165) is 5.56 Å². The maximum absolute atomic E-state index is 12.0. The number of aliphatic hydroxyl groups is 1. The number of nitrogens with one attached hydrogen (secondary N) is 1. The summed E-state index contributed by atoms with van der Waals surface area (Å²) in [4.78, 5) is 16.0. The highest BCUT2D eigenvalue weighted by Crippen LogP contribution is 2.19. The fraction of sp³-hybridized carbons (Fsp3) is 0.200. The van der Waals surface area contributed by atoms with E-state index in [0.29, 0.717) is 10.2 Å². The van der Waals surface area contributed by atoms with Crippen LogP contribution in [-0.2, 0) is 5.60 Å². The zero-order chi connectivity index (χ0) is 14.6. The molecule has 0 saturated carbocycles. The highest BCUT2D eigenvalue weighted by molar-refractivity contribution is 9.10. The Labute approximate surface area is 126 Å². The van der Waals surface area contributed by atoms with E-state index in [1.54, 1.807) is 19.1 Å². The number of aromatic nitrogens is 1. The molecule has 0 aliphatic heterocycles. The van der Waals surface area contributed by atoms with Crippen LogP contribution in [0.4, 0.5) is 0 Å². The summed E-state index contributed by atoms with van der Waals surface area (Å²) in [5.41, 5.74) is 0.103. The molecule has 1 heterocycles. The maximum atomic E-state index is 12.0. The van der Waals surface area contributed by atoms with Crippen molar-refractivity contribution in [2.45, 2.75) is 12.5 Å². The van der Waals surface area contributed by atoms with Crippen LogP contribution in [0.15, 0.2) is 53.3 Å². The molecule has 4 nitrogen and oxygen atoms in total. The van der Waals surface area contributed by atoms with Gasteiger partial charge in [-0.15, -0.1) is 0 Å². The second kappa shape index (κ2) is 6.15. The summed E-state index contributed by atoms with van der Waals surface area (Å²) in [5.74, 6) is -0.263. The number of carbonyl (C=O) groups excluding carboxylic acids is 1. The molecule has 0 aliphatic carbocycles. The number of carbonyl (C=O) groups is 1. The molecule has 1 aromatic heterocycles. The molecule has 0 bridgehead atoms. The number of hydrogen-bond acceptors (Lipinski definition) is 3. The fourth-order valence-corrected chi connectivity index (χ4v) is 2.00. The maximum Gasteiger partial charge on any atom is 0.252 e. The summed E-state index contributed by atoms with van der Waals surface area (Å²) >= 11 is 3.21. The van der Waals surface area contributed by atoms with E-state index >= 15 is 0 Å². The van der Waals surface area contributed by atoms with E-state index in [1.807, 2.05) is 30.3 Å². The molecule has 2 rings (SSSR count). The second-order valence-electron chi connectivity index (χ2n) is 4.69. The van der Waals surface area contributed by atoms with Gasteiger partial charge in [0, 0.05) is 6.20 Å². The molecule has 0 saturated heterocycles. The van der Waals surface area contributed by atoms with Gasteiger partial charge >= 0.3 is 0 Å². The molecule has 0 fully saturated rings. The van der Waals surface area contributed by atoms with Gasteiger partial charge in [0.05, 0.1) is 12.1 Å². The summed E-state index contributed by atoms with van der Waals surface area (Å²) in [5, 5.41) is 13.1. The third-order valence-corrected chi connectivity index (χ3v) is 3.45. The standard InChI is InChI=1S/C15H15BrN2O2/c1-15(20,12-5-3-2-4-6-12)10-18-14(19)11-7-8-13(16)17-9-11/h2-9,20H,10H2,1H3,(H,18,19). The number of hydrogen-bond donors (Lipinski definition) is 2. The SMILES string of the molecule is CC(O)(CNC(=O)c1ccc(Br)nc1)c1ccccc1. The van der Waals surface area contributed by atoms with Gasteiger partial charge in [-0.05, 0) is 40.5 Å². The summed E-state index contributed by atoms with van der Waals surface area (Å²) < 4.78 is 0.672. The molecule has 104 valence electrons. The predicted molar refractivity (Wildman–Crippen MR) is 80.3 cm³/mol. The van der Waals surface area contributed by atoms with Gasteiger partial charge in [0.25, 0.3) is 5.91 Å². The second-order valence-corrected chi connectivity index (χ2v) is 5.50. The monoisotopic (exact) mass is 334 g/mol. The Morgan fingerprint density at radius 2 is 2.00 bits per heavy atom.